The minimum atomic E-state index is -0.679. The third-order valence-electron chi connectivity index (χ3n) is 7.28. The molecule has 0 aromatic carbocycles. The first-order valence-corrected chi connectivity index (χ1v) is 11.8. The average molecular weight is 381 g/mol. The third kappa shape index (κ3) is 10.1. The Hall–Kier alpha value is -0.340. The van der Waals surface area contributed by atoms with E-state index in [0.29, 0.717) is 0 Å². The predicted octanol–water partition coefficient (Wildman–Crippen LogP) is 7.71. The quantitative estimate of drug-likeness (QED) is 0.145. The molecule has 0 aromatic heterocycles. The molecule has 1 atom stereocenters. The minimum absolute atomic E-state index is 0.102. The highest BCUT2D eigenvalue weighted by Crippen LogP contribution is 2.49. The lowest BCUT2D eigenvalue weighted by molar-refractivity contribution is 0.00667. The van der Waals surface area contributed by atoms with E-state index in [1.54, 1.807) is 0 Å². The van der Waals surface area contributed by atoms with Crippen LogP contribution in [0.15, 0.2) is 12.7 Å². The van der Waals surface area contributed by atoms with Crippen LogP contribution in [0.25, 0.3) is 0 Å². The van der Waals surface area contributed by atoms with Crippen LogP contribution in [0.3, 0.4) is 0 Å². The summed E-state index contributed by atoms with van der Waals surface area (Å²) in [5, 5.41) is 0. The Morgan fingerprint density at radius 1 is 0.667 bits per heavy atom. The van der Waals surface area contributed by atoms with Crippen molar-refractivity contribution in [2.75, 3.05) is 0 Å². The molecule has 0 saturated heterocycles. The summed E-state index contributed by atoms with van der Waals surface area (Å²) in [5.74, 6) is 0. The fraction of sp³-hybridized carbons (Fsp3) is 0.920. The topological polar surface area (TPSA) is 52.0 Å². The van der Waals surface area contributed by atoms with Gasteiger partial charge in [-0.3, -0.25) is 0 Å². The zero-order chi connectivity index (χ0) is 20.8. The molecule has 0 heterocycles. The second kappa shape index (κ2) is 13.8. The van der Waals surface area contributed by atoms with Gasteiger partial charge in [0.05, 0.1) is 5.66 Å². The van der Waals surface area contributed by atoms with Gasteiger partial charge in [0.1, 0.15) is 0 Å². The molecular weight excluding hydrogens is 328 g/mol. The van der Waals surface area contributed by atoms with E-state index in [9.17, 15) is 0 Å². The molecule has 162 valence electrons. The van der Waals surface area contributed by atoms with Crippen molar-refractivity contribution < 1.29 is 0 Å². The van der Waals surface area contributed by atoms with Crippen LogP contribution in [-0.2, 0) is 0 Å². The molecular formula is C25H52N2. The van der Waals surface area contributed by atoms with Gasteiger partial charge in [-0.25, -0.2) is 0 Å². The highest BCUT2D eigenvalue weighted by Gasteiger charge is 2.48. The summed E-state index contributed by atoms with van der Waals surface area (Å²) in [6.45, 7) is 15.0. The average Bonchev–Trinajstić information content (AvgIpc) is 2.58. The Morgan fingerprint density at radius 2 is 1.04 bits per heavy atom. The van der Waals surface area contributed by atoms with Crippen LogP contribution >= 0.6 is 0 Å². The molecule has 0 rings (SSSR count). The Bertz CT molecular complexity index is 367. The van der Waals surface area contributed by atoms with Crippen molar-refractivity contribution in [2.45, 2.75) is 137 Å². The van der Waals surface area contributed by atoms with Gasteiger partial charge in [-0.15, -0.1) is 6.58 Å². The summed E-state index contributed by atoms with van der Waals surface area (Å²) in [4.78, 5) is 0. The summed E-state index contributed by atoms with van der Waals surface area (Å²) in [5.41, 5.74) is 11.9. The number of rotatable bonds is 18. The van der Waals surface area contributed by atoms with Gasteiger partial charge in [0.2, 0.25) is 0 Å². The first kappa shape index (κ1) is 26.7. The minimum Gasteiger partial charge on any atom is -0.313 e. The zero-order valence-corrected chi connectivity index (χ0v) is 19.5. The van der Waals surface area contributed by atoms with Crippen LogP contribution in [0.5, 0.6) is 0 Å². The lowest BCUT2D eigenvalue weighted by Crippen LogP contribution is -2.63. The normalized spacial score (nSPS) is 14.9. The lowest BCUT2D eigenvalue weighted by Gasteiger charge is -2.52. The van der Waals surface area contributed by atoms with Gasteiger partial charge < -0.3 is 11.5 Å². The van der Waals surface area contributed by atoms with Crippen molar-refractivity contribution in [2.24, 2.45) is 22.3 Å². The second-order valence-electron chi connectivity index (χ2n) is 9.95. The van der Waals surface area contributed by atoms with E-state index in [1.165, 1.54) is 89.9 Å². The number of nitrogens with two attached hydrogens (primary N) is 2. The van der Waals surface area contributed by atoms with Crippen molar-refractivity contribution in [3.05, 3.63) is 12.7 Å². The largest absolute Gasteiger partial charge is 0.313 e. The van der Waals surface area contributed by atoms with E-state index >= 15 is 0 Å². The number of unbranched alkanes of at least 4 members (excludes halogenated alkanes) is 12. The molecule has 0 bridgehead atoms. The molecule has 0 radical (unpaired) electrons. The number of hydrogen-bond donors (Lipinski definition) is 2. The van der Waals surface area contributed by atoms with Crippen LogP contribution in [0.4, 0.5) is 0 Å². The molecule has 2 heteroatoms. The first-order chi connectivity index (χ1) is 12.6. The van der Waals surface area contributed by atoms with Gasteiger partial charge in [0.15, 0.2) is 0 Å². The standard InChI is InChI=1S/C25H52N2/c1-7-9-10-11-12-13-14-15-16-17-18-19-20-22-24(5,21-8-2)23(3,4)25(6,26)27/h8H,2,7,9-22,26-27H2,1,3-6H3. The fourth-order valence-electron chi connectivity index (χ4n) is 4.17. The predicted molar refractivity (Wildman–Crippen MR) is 124 cm³/mol. The van der Waals surface area contributed by atoms with E-state index in [-0.39, 0.29) is 10.8 Å². The van der Waals surface area contributed by atoms with Crippen molar-refractivity contribution >= 4 is 0 Å². The highest BCUT2D eigenvalue weighted by molar-refractivity contribution is 5.02. The van der Waals surface area contributed by atoms with Crippen LogP contribution in [0.1, 0.15) is 131 Å². The maximum atomic E-state index is 6.32. The molecule has 0 aromatic rings. The number of hydrogen-bond acceptors (Lipinski definition) is 2. The molecule has 0 aliphatic carbocycles. The number of allylic oxidation sites excluding steroid dienone is 1. The molecule has 0 aliphatic heterocycles. The maximum Gasteiger partial charge on any atom is 0.0665 e. The van der Waals surface area contributed by atoms with Crippen LogP contribution < -0.4 is 11.5 Å². The molecule has 0 aliphatic rings. The SMILES string of the molecule is C=CCC(C)(CCCCCCCCCCCCCCC)C(C)(C)C(C)(N)N. The van der Waals surface area contributed by atoms with Crippen molar-refractivity contribution in [3.8, 4) is 0 Å². The van der Waals surface area contributed by atoms with Crippen molar-refractivity contribution in [3.63, 3.8) is 0 Å². The molecule has 27 heavy (non-hydrogen) atoms. The zero-order valence-electron chi connectivity index (χ0n) is 19.5. The molecule has 4 N–H and O–H groups in total. The van der Waals surface area contributed by atoms with E-state index in [0.717, 1.165) is 6.42 Å². The van der Waals surface area contributed by atoms with Gasteiger partial charge in [-0.2, -0.15) is 0 Å². The molecule has 0 spiro atoms. The smallest absolute Gasteiger partial charge is 0.0665 e. The van der Waals surface area contributed by atoms with Crippen LogP contribution in [0.2, 0.25) is 0 Å². The van der Waals surface area contributed by atoms with E-state index in [1.807, 2.05) is 13.0 Å². The third-order valence-corrected chi connectivity index (χ3v) is 7.28. The maximum absolute atomic E-state index is 6.32. The molecule has 0 amide bonds. The molecule has 2 nitrogen and oxygen atoms in total. The Morgan fingerprint density at radius 3 is 1.37 bits per heavy atom. The molecule has 0 saturated carbocycles. The lowest BCUT2D eigenvalue weighted by atomic mass is 9.57. The van der Waals surface area contributed by atoms with Gasteiger partial charge in [-0.05, 0) is 25.2 Å². The Kier molecular flexibility index (Phi) is 13.6. The summed E-state index contributed by atoms with van der Waals surface area (Å²) in [7, 11) is 0. The van der Waals surface area contributed by atoms with Crippen LogP contribution in [0, 0.1) is 10.8 Å². The summed E-state index contributed by atoms with van der Waals surface area (Å²) >= 11 is 0. The first-order valence-electron chi connectivity index (χ1n) is 11.8. The summed E-state index contributed by atoms with van der Waals surface area (Å²) < 4.78 is 0. The van der Waals surface area contributed by atoms with E-state index in [2.05, 4.69) is 34.3 Å². The fourth-order valence-corrected chi connectivity index (χ4v) is 4.17. The van der Waals surface area contributed by atoms with Gasteiger partial charge in [0.25, 0.3) is 0 Å². The summed E-state index contributed by atoms with van der Waals surface area (Å²) in [6.07, 6.45) is 22.3. The summed E-state index contributed by atoms with van der Waals surface area (Å²) in [6, 6.07) is 0. The monoisotopic (exact) mass is 380 g/mol. The highest BCUT2D eigenvalue weighted by atomic mass is 15.0. The van der Waals surface area contributed by atoms with Gasteiger partial charge in [-0.1, -0.05) is 117 Å². The molecule has 1 unspecified atom stereocenters. The van der Waals surface area contributed by atoms with Gasteiger partial charge in [0, 0.05) is 5.41 Å². The van der Waals surface area contributed by atoms with Crippen molar-refractivity contribution in [1.29, 1.82) is 0 Å². The van der Waals surface area contributed by atoms with Crippen LogP contribution in [-0.4, -0.2) is 5.66 Å². The Balaban J connectivity index is 3.90. The molecule has 0 fully saturated rings. The van der Waals surface area contributed by atoms with E-state index in [4.69, 9.17) is 11.5 Å². The van der Waals surface area contributed by atoms with E-state index < -0.39 is 5.66 Å². The second-order valence-corrected chi connectivity index (χ2v) is 9.95. The van der Waals surface area contributed by atoms with Crippen molar-refractivity contribution in [1.82, 2.24) is 0 Å². The Labute approximate surface area is 171 Å². The van der Waals surface area contributed by atoms with Gasteiger partial charge >= 0.3 is 0 Å².